The first-order valence-corrected chi connectivity index (χ1v) is 8.23. The fourth-order valence-corrected chi connectivity index (χ4v) is 2.90. The van der Waals surface area contributed by atoms with E-state index in [1.54, 1.807) is 30.3 Å². The molecule has 0 atom stereocenters. The van der Waals surface area contributed by atoms with Crippen LogP contribution in [0.15, 0.2) is 48.7 Å². The Kier molecular flexibility index (Phi) is 3.93. The summed E-state index contributed by atoms with van der Waals surface area (Å²) in [7, 11) is 0. The minimum absolute atomic E-state index is 0.0586. The van der Waals surface area contributed by atoms with Gasteiger partial charge in [-0.15, -0.1) is 0 Å². The number of para-hydroxylation sites is 1. The maximum absolute atomic E-state index is 12.3. The third kappa shape index (κ3) is 2.82. The van der Waals surface area contributed by atoms with Crippen molar-refractivity contribution in [1.29, 1.82) is 0 Å². The van der Waals surface area contributed by atoms with E-state index in [0.29, 0.717) is 32.2 Å². The molecule has 4 aromatic rings. The normalized spacial score (nSPS) is 11.2. The van der Waals surface area contributed by atoms with E-state index in [-0.39, 0.29) is 12.1 Å². The maximum Gasteiger partial charge on any atom is 0.315 e. The van der Waals surface area contributed by atoms with Gasteiger partial charge >= 0.3 is 5.97 Å². The number of benzene rings is 2. The molecule has 0 bridgehead atoms. The van der Waals surface area contributed by atoms with Crippen LogP contribution in [0.4, 0.5) is 0 Å². The van der Waals surface area contributed by atoms with Gasteiger partial charge in [-0.05, 0) is 35.5 Å². The Labute approximate surface area is 153 Å². The molecule has 26 heavy (non-hydrogen) atoms. The molecule has 8 heteroatoms. The summed E-state index contributed by atoms with van der Waals surface area (Å²) in [6.07, 6.45) is 1.44. The van der Waals surface area contributed by atoms with E-state index in [1.165, 1.54) is 10.7 Å². The van der Waals surface area contributed by atoms with Crippen LogP contribution < -0.4 is 9.58 Å². The van der Waals surface area contributed by atoms with Gasteiger partial charge in [0.05, 0.1) is 12.6 Å². The highest BCUT2D eigenvalue weighted by atomic mass is 35.5. The van der Waals surface area contributed by atoms with Gasteiger partial charge < -0.3 is 9.94 Å². The molecule has 0 fully saturated rings. The van der Waals surface area contributed by atoms with Gasteiger partial charge in [-0.2, -0.15) is 5.10 Å². The van der Waals surface area contributed by atoms with E-state index in [9.17, 15) is 10.0 Å². The minimum atomic E-state index is -0.459. The van der Waals surface area contributed by atoms with Gasteiger partial charge in [-0.3, -0.25) is 4.79 Å². The molecule has 2 aromatic carbocycles. The predicted molar refractivity (Wildman–Crippen MR) is 95.0 cm³/mol. The molecule has 2 aromatic heterocycles. The molecule has 0 N–H and O–H groups in total. The van der Waals surface area contributed by atoms with Crippen LogP contribution in [0.2, 0.25) is 5.02 Å². The van der Waals surface area contributed by atoms with Gasteiger partial charge in [-0.1, -0.05) is 29.8 Å². The molecule has 0 saturated carbocycles. The third-order valence-corrected chi connectivity index (χ3v) is 4.26. The number of carbonyl (C=O) groups is 1. The van der Waals surface area contributed by atoms with Gasteiger partial charge in [0.25, 0.3) is 5.52 Å². The van der Waals surface area contributed by atoms with E-state index < -0.39 is 5.97 Å². The average molecular weight is 369 g/mol. The van der Waals surface area contributed by atoms with Crippen LogP contribution in [0.5, 0.6) is 5.75 Å². The van der Waals surface area contributed by atoms with Gasteiger partial charge in [0, 0.05) is 21.8 Å². The van der Waals surface area contributed by atoms with Crippen LogP contribution in [0.1, 0.15) is 11.1 Å². The van der Waals surface area contributed by atoms with Crippen LogP contribution >= 0.6 is 11.6 Å². The minimum Gasteiger partial charge on any atom is -0.594 e. The molecule has 7 nitrogen and oxygen atoms in total. The average Bonchev–Trinajstić information content (AvgIpc) is 2.99. The molecule has 0 unspecified atom stereocenters. The Morgan fingerprint density at radius 3 is 2.92 bits per heavy atom. The third-order valence-electron chi connectivity index (χ3n) is 4.03. The summed E-state index contributed by atoms with van der Waals surface area (Å²) in [6, 6.07) is 12.1. The van der Waals surface area contributed by atoms with E-state index in [4.69, 9.17) is 16.3 Å². The molecule has 0 spiro atoms. The molecular weight excluding hydrogens is 356 g/mol. The highest BCUT2D eigenvalue weighted by Crippen LogP contribution is 2.20. The van der Waals surface area contributed by atoms with Crippen LogP contribution in [0.3, 0.4) is 0 Å². The molecular formula is C18H13ClN4O3. The maximum atomic E-state index is 12.3. The Morgan fingerprint density at radius 2 is 2.12 bits per heavy atom. The molecule has 0 amide bonds. The topological polar surface area (TPSA) is 83.4 Å². The van der Waals surface area contributed by atoms with Crippen LogP contribution in [-0.2, 0) is 11.2 Å². The van der Waals surface area contributed by atoms with Crippen molar-refractivity contribution in [2.24, 2.45) is 0 Å². The first-order valence-electron chi connectivity index (χ1n) is 7.85. The van der Waals surface area contributed by atoms with Crippen molar-refractivity contribution in [2.75, 3.05) is 0 Å². The Hall–Kier alpha value is -3.19. The number of hydrogen-bond acceptors (Lipinski definition) is 5. The van der Waals surface area contributed by atoms with Crippen molar-refractivity contribution in [1.82, 2.24) is 14.7 Å². The second kappa shape index (κ2) is 6.27. The molecule has 0 aliphatic rings. The monoisotopic (exact) mass is 368 g/mol. The number of nitrogens with zero attached hydrogens (tertiary/aromatic N) is 4. The van der Waals surface area contributed by atoms with E-state index >= 15 is 0 Å². The van der Waals surface area contributed by atoms with Crippen molar-refractivity contribution in [3.8, 4) is 5.75 Å². The standard InChI is InChI=1S/C18H13ClN4O3/c1-11-4-2-3-5-16(11)26-17(24)8-12-10-20-22-15-9-13(19)6-7-14(15)23(25)21-18(12)22/h2-7,9-10H,8H2,1H3. The number of aromatic nitrogens is 4. The lowest BCUT2D eigenvalue weighted by atomic mass is 10.2. The lowest BCUT2D eigenvalue weighted by Gasteiger charge is -2.06. The number of hydrogen-bond donors (Lipinski definition) is 0. The van der Waals surface area contributed by atoms with Crippen LogP contribution in [0.25, 0.3) is 16.7 Å². The SMILES string of the molecule is Cc1ccccc1OC(=O)Cc1cnn2c1n[n+]([O-])c1ccc(Cl)cc12. The summed E-state index contributed by atoms with van der Waals surface area (Å²) < 4.78 is 6.89. The van der Waals surface area contributed by atoms with Gasteiger partial charge in [0.2, 0.25) is 5.65 Å². The summed E-state index contributed by atoms with van der Waals surface area (Å²) in [5.74, 6) is 0.0395. The summed E-state index contributed by atoms with van der Waals surface area (Å²) >= 11 is 6.02. The number of fused-ring (bicyclic) bond motifs is 3. The number of esters is 1. The number of aryl methyl sites for hydroxylation is 1. The van der Waals surface area contributed by atoms with Crippen molar-refractivity contribution >= 4 is 34.3 Å². The quantitative estimate of drug-likeness (QED) is 0.240. The summed E-state index contributed by atoms with van der Waals surface area (Å²) in [5.41, 5.74) is 2.48. The summed E-state index contributed by atoms with van der Waals surface area (Å²) in [5, 5.41) is 20.9. The zero-order valence-corrected chi connectivity index (χ0v) is 14.5. The zero-order valence-electron chi connectivity index (χ0n) is 13.7. The largest absolute Gasteiger partial charge is 0.594 e. The van der Waals surface area contributed by atoms with Crippen molar-refractivity contribution in [3.05, 3.63) is 70.0 Å². The second-order valence-corrected chi connectivity index (χ2v) is 6.26. The first-order chi connectivity index (χ1) is 12.5. The fourth-order valence-electron chi connectivity index (χ4n) is 2.74. The number of rotatable bonds is 3. The predicted octanol–water partition coefficient (Wildman–Crippen LogP) is 2.63. The molecule has 0 aliphatic carbocycles. The smallest absolute Gasteiger partial charge is 0.315 e. The van der Waals surface area contributed by atoms with E-state index in [1.807, 2.05) is 19.1 Å². The zero-order chi connectivity index (χ0) is 18.3. The fraction of sp³-hybridized carbons (Fsp3) is 0.111. The molecule has 130 valence electrons. The first kappa shape index (κ1) is 16.3. The molecule has 4 rings (SSSR count). The van der Waals surface area contributed by atoms with E-state index in [2.05, 4.69) is 10.2 Å². The molecule has 2 heterocycles. The Balaban J connectivity index is 1.70. The van der Waals surface area contributed by atoms with Gasteiger partial charge in [-0.25, -0.2) is 4.52 Å². The van der Waals surface area contributed by atoms with Crippen molar-refractivity contribution in [3.63, 3.8) is 0 Å². The molecule has 0 aliphatic heterocycles. The summed E-state index contributed by atoms with van der Waals surface area (Å²) in [4.78, 5) is 12.8. The Morgan fingerprint density at radius 1 is 1.31 bits per heavy atom. The second-order valence-electron chi connectivity index (χ2n) is 5.83. The lowest BCUT2D eigenvalue weighted by Crippen LogP contribution is -2.33. The lowest BCUT2D eigenvalue weighted by molar-refractivity contribution is -0.640. The molecule has 0 radical (unpaired) electrons. The van der Waals surface area contributed by atoms with E-state index in [0.717, 1.165) is 5.56 Å². The highest BCUT2D eigenvalue weighted by molar-refractivity contribution is 6.31. The number of halogens is 1. The Bertz CT molecular complexity index is 1160. The van der Waals surface area contributed by atoms with Crippen LogP contribution in [-0.4, -0.2) is 20.7 Å². The summed E-state index contributed by atoms with van der Waals surface area (Å²) in [6.45, 7) is 1.86. The number of ether oxygens (including phenoxy) is 1. The highest BCUT2D eigenvalue weighted by Gasteiger charge is 2.19. The van der Waals surface area contributed by atoms with Gasteiger partial charge in [0.15, 0.2) is 0 Å². The molecule has 0 saturated heterocycles. The number of carbonyl (C=O) groups excluding carboxylic acids is 1. The van der Waals surface area contributed by atoms with Crippen molar-refractivity contribution < 1.29 is 14.4 Å². The van der Waals surface area contributed by atoms with Crippen molar-refractivity contribution in [2.45, 2.75) is 13.3 Å². The van der Waals surface area contributed by atoms with Crippen LogP contribution in [0, 0.1) is 12.1 Å². The van der Waals surface area contributed by atoms with Gasteiger partial charge in [0.1, 0.15) is 11.3 Å².